The van der Waals surface area contributed by atoms with Gasteiger partial charge >= 0.3 is 0 Å². The minimum absolute atomic E-state index is 0.00778. The molecule has 1 aromatic carbocycles. The highest BCUT2D eigenvalue weighted by Gasteiger charge is 2.40. The van der Waals surface area contributed by atoms with Gasteiger partial charge in [-0.25, -0.2) is 13.1 Å². The number of carbonyl (C=O) groups excluding carboxylic acids is 1. The van der Waals surface area contributed by atoms with E-state index in [0.717, 1.165) is 12.8 Å². The second-order valence-corrected chi connectivity index (χ2v) is 7.13. The topological polar surface area (TPSA) is 81.7 Å². The fourth-order valence-corrected chi connectivity index (χ4v) is 3.31. The lowest BCUT2D eigenvalue weighted by Gasteiger charge is -2.10. The summed E-state index contributed by atoms with van der Waals surface area (Å²) in [6, 6.07) is 4.37. The average molecular weight is 311 g/mol. The van der Waals surface area contributed by atoms with Crippen LogP contribution in [0, 0.1) is 11.8 Å². The van der Waals surface area contributed by atoms with Gasteiger partial charge in [-0.3, -0.25) is 4.79 Å². The third-order valence-corrected chi connectivity index (χ3v) is 5.05. The fraction of sp³-hybridized carbons (Fsp3) is 0.500. The lowest BCUT2D eigenvalue weighted by Crippen LogP contribution is -2.32. The molecule has 1 N–H and O–H groups in total. The number of benzene rings is 1. The van der Waals surface area contributed by atoms with E-state index in [2.05, 4.69) is 4.72 Å². The molecule has 0 radical (unpaired) electrons. The SMILES string of the molecule is C[C@H]1C[C@H]1C(=O)NS(=O)(=O)c1ccc2c(c1)OCCCO2. The highest BCUT2D eigenvalue weighted by Crippen LogP contribution is 2.38. The van der Waals surface area contributed by atoms with Crippen LogP contribution in [0.1, 0.15) is 19.8 Å². The molecule has 0 saturated heterocycles. The van der Waals surface area contributed by atoms with Crippen LogP contribution in [-0.4, -0.2) is 27.5 Å². The zero-order valence-corrected chi connectivity index (χ0v) is 12.5. The third kappa shape index (κ3) is 2.97. The standard InChI is InChI=1S/C14H17NO5S/c1-9-7-11(9)14(16)15-21(17,18)10-3-4-12-13(8-10)20-6-2-5-19-12/h3-4,8-9,11H,2,5-7H2,1H3,(H,15,16)/t9-,11+/m0/s1. The van der Waals surface area contributed by atoms with Gasteiger partial charge in [0.1, 0.15) is 0 Å². The van der Waals surface area contributed by atoms with Crippen molar-refractivity contribution in [2.45, 2.75) is 24.7 Å². The average Bonchev–Trinajstić information content (AvgIpc) is 3.19. The van der Waals surface area contributed by atoms with Gasteiger partial charge in [-0.15, -0.1) is 0 Å². The zero-order valence-electron chi connectivity index (χ0n) is 11.7. The van der Waals surface area contributed by atoms with Gasteiger partial charge in [-0.1, -0.05) is 6.92 Å². The molecule has 1 aliphatic heterocycles. The quantitative estimate of drug-likeness (QED) is 0.910. The van der Waals surface area contributed by atoms with E-state index in [9.17, 15) is 13.2 Å². The van der Waals surface area contributed by atoms with Gasteiger partial charge in [-0.2, -0.15) is 0 Å². The molecule has 21 heavy (non-hydrogen) atoms. The maximum absolute atomic E-state index is 12.2. The fourth-order valence-electron chi connectivity index (χ4n) is 2.27. The first-order valence-corrected chi connectivity index (χ1v) is 8.42. The lowest BCUT2D eigenvalue weighted by molar-refractivity contribution is -0.120. The van der Waals surface area contributed by atoms with Gasteiger partial charge in [0.05, 0.1) is 18.1 Å². The molecule has 1 heterocycles. The Morgan fingerprint density at radius 2 is 1.90 bits per heavy atom. The smallest absolute Gasteiger partial charge is 0.264 e. The van der Waals surface area contributed by atoms with E-state index in [-0.39, 0.29) is 16.7 Å². The van der Waals surface area contributed by atoms with Crippen LogP contribution < -0.4 is 14.2 Å². The number of hydrogen-bond acceptors (Lipinski definition) is 5. The second-order valence-electron chi connectivity index (χ2n) is 5.45. The Bertz CT molecular complexity index is 670. The number of sulfonamides is 1. The van der Waals surface area contributed by atoms with Crippen LogP contribution in [0.5, 0.6) is 11.5 Å². The Balaban J connectivity index is 1.82. The monoisotopic (exact) mass is 311 g/mol. The number of hydrogen-bond donors (Lipinski definition) is 1. The van der Waals surface area contributed by atoms with Crippen molar-refractivity contribution in [2.24, 2.45) is 11.8 Å². The number of fused-ring (bicyclic) bond motifs is 1. The molecule has 1 aromatic rings. The van der Waals surface area contributed by atoms with E-state index in [1.165, 1.54) is 12.1 Å². The predicted octanol–water partition coefficient (Wildman–Crippen LogP) is 1.31. The molecule has 6 nitrogen and oxygen atoms in total. The Kier molecular flexibility index (Phi) is 3.52. The summed E-state index contributed by atoms with van der Waals surface area (Å²) >= 11 is 0. The molecule has 3 rings (SSSR count). The molecular formula is C14H17NO5S. The third-order valence-electron chi connectivity index (χ3n) is 3.71. The van der Waals surface area contributed by atoms with E-state index in [1.807, 2.05) is 6.92 Å². The summed E-state index contributed by atoms with van der Waals surface area (Å²) in [7, 11) is -3.87. The number of amides is 1. The van der Waals surface area contributed by atoms with Crippen LogP contribution in [0.2, 0.25) is 0 Å². The van der Waals surface area contributed by atoms with Crippen molar-refractivity contribution in [3.63, 3.8) is 0 Å². The summed E-state index contributed by atoms with van der Waals surface area (Å²) in [6.07, 6.45) is 1.48. The van der Waals surface area contributed by atoms with Crippen molar-refractivity contribution < 1.29 is 22.7 Å². The van der Waals surface area contributed by atoms with Gasteiger partial charge in [-0.05, 0) is 24.5 Å². The van der Waals surface area contributed by atoms with Gasteiger partial charge in [0.2, 0.25) is 5.91 Å². The molecule has 2 atom stereocenters. The Hall–Kier alpha value is -1.76. The van der Waals surface area contributed by atoms with Gasteiger partial charge in [0.15, 0.2) is 11.5 Å². The normalized spacial score (nSPS) is 24.0. The molecule has 7 heteroatoms. The number of rotatable bonds is 3. The molecule has 1 saturated carbocycles. The van der Waals surface area contributed by atoms with E-state index < -0.39 is 15.9 Å². The molecule has 2 aliphatic rings. The summed E-state index contributed by atoms with van der Waals surface area (Å²) in [6.45, 7) is 2.93. The zero-order chi connectivity index (χ0) is 15.0. The van der Waals surface area contributed by atoms with E-state index >= 15 is 0 Å². The highest BCUT2D eigenvalue weighted by atomic mass is 32.2. The molecule has 1 amide bonds. The maximum atomic E-state index is 12.2. The van der Waals surface area contributed by atoms with Crippen molar-refractivity contribution in [3.8, 4) is 11.5 Å². The molecule has 0 spiro atoms. The molecule has 1 aliphatic carbocycles. The van der Waals surface area contributed by atoms with Crippen LogP contribution in [-0.2, 0) is 14.8 Å². The number of nitrogens with one attached hydrogen (secondary N) is 1. The van der Waals surface area contributed by atoms with Gasteiger partial charge in [0, 0.05) is 18.4 Å². The first kappa shape index (κ1) is 14.2. The Morgan fingerprint density at radius 1 is 1.24 bits per heavy atom. The van der Waals surface area contributed by atoms with Crippen molar-refractivity contribution in [3.05, 3.63) is 18.2 Å². The van der Waals surface area contributed by atoms with Crippen molar-refractivity contribution in [1.82, 2.24) is 4.72 Å². The van der Waals surface area contributed by atoms with Crippen LogP contribution >= 0.6 is 0 Å². The minimum Gasteiger partial charge on any atom is -0.490 e. The van der Waals surface area contributed by atoms with E-state index in [1.54, 1.807) is 6.07 Å². The van der Waals surface area contributed by atoms with Gasteiger partial charge in [0.25, 0.3) is 10.0 Å². The minimum atomic E-state index is -3.87. The summed E-state index contributed by atoms with van der Waals surface area (Å²) in [4.78, 5) is 11.8. The molecular weight excluding hydrogens is 294 g/mol. The number of ether oxygens (including phenoxy) is 2. The molecule has 1 fully saturated rings. The van der Waals surface area contributed by atoms with Gasteiger partial charge < -0.3 is 9.47 Å². The first-order valence-electron chi connectivity index (χ1n) is 6.94. The Labute approximate surface area is 123 Å². The van der Waals surface area contributed by atoms with E-state index in [0.29, 0.717) is 24.7 Å². The summed E-state index contributed by atoms with van der Waals surface area (Å²) in [5.74, 6) is 0.537. The lowest BCUT2D eigenvalue weighted by atomic mass is 10.3. The van der Waals surface area contributed by atoms with Crippen LogP contribution in [0.3, 0.4) is 0 Å². The largest absolute Gasteiger partial charge is 0.490 e. The summed E-state index contributed by atoms with van der Waals surface area (Å²) in [5, 5.41) is 0. The summed E-state index contributed by atoms with van der Waals surface area (Å²) in [5.41, 5.74) is 0. The van der Waals surface area contributed by atoms with E-state index in [4.69, 9.17) is 9.47 Å². The summed E-state index contributed by atoms with van der Waals surface area (Å²) < 4.78 is 37.5. The number of carbonyl (C=O) groups is 1. The van der Waals surface area contributed by atoms with Crippen molar-refractivity contribution in [2.75, 3.05) is 13.2 Å². The van der Waals surface area contributed by atoms with Crippen molar-refractivity contribution in [1.29, 1.82) is 0 Å². The molecule has 114 valence electrons. The highest BCUT2D eigenvalue weighted by molar-refractivity contribution is 7.90. The van der Waals surface area contributed by atoms with Crippen molar-refractivity contribution >= 4 is 15.9 Å². The predicted molar refractivity (Wildman–Crippen MR) is 74.6 cm³/mol. The van der Waals surface area contributed by atoms with Crippen LogP contribution in [0.15, 0.2) is 23.1 Å². The van der Waals surface area contributed by atoms with Crippen LogP contribution in [0.4, 0.5) is 0 Å². The first-order chi connectivity index (χ1) is 9.97. The molecule has 0 aromatic heterocycles. The van der Waals surface area contributed by atoms with Crippen LogP contribution in [0.25, 0.3) is 0 Å². The molecule has 0 unspecified atom stereocenters. The second kappa shape index (κ2) is 5.22. The Morgan fingerprint density at radius 3 is 2.57 bits per heavy atom. The molecule has 0 bridgehead atoms. The maximum Gasteiger partial charge on any atom is 0.264 e.